The normalized spacial score (nSPS) is 15.2. The van der Waals surface area contributed by atoms with Crippen molar-refractivity contribution in [3.05, 3.63) is 23.5 Å². The second-order valence-electron chi connectivity index (χ2n) is 6.35. The highest BCUT2D eigenvalue weighted by Gasteiger charge is 2.30. The van der Waals surface area contributed by atoms with Crippen molar-refractivity contribution in [3.8, 4) is 11.5 Å². The van der Waals surface area contributed by atoms with Gasteiger partial charge in [0.15, 0.2) is 11.5 Å². The van der Waals surface area contributed by atoms with Gasteiger partial charge in [-0.15, -0.1) is 0 Å². The highest BCUT2D eigenvalue weighted by atomic mass is 16.5. The Hall–Kier alpha value is -3.63. The molecule has 2 N–H and O–H groups in total. The predicted octanol–water partition coefficient (Wildman–Crippen LogP) is 0.987. The Morgan fingerprint density at radius 2 is 1.93 bits per heavy atom. The van der Waals surface area contributed by atoms with Crippen LogP contribution in [0.25, 0.3) is 0 Å². The van der Waals surface area contributed by atoms with E-state index in [0.29, 0.717) is 23.3 Å². The van der Waals surface area contributed by atoms with Gasteiger partial charge in [0, 0.05) is 18.6 Å². The number of fused-ring (bicyclic) bond motifs is 1. The first-order chi connectivity index (χ1) is 13.9. The van der Waals surface area contributed by atoms with E-state index in [9.17, 15) is 14.4 Å². The molecule has 1 unspecified atom stereocenters. The minimum Gasteiger partial charge on any atom is -0.493 e. The number of rotatable bonds is 6. The molecule has 154 valence electrons. The molecule has 0 saturated heterocycles. The molecule has 1 atom stereocenters. The predicted molar refractivity (Wildman–Crippen MR) is 101 cm³/mol. The lowest BCUT2D eigenvalue weighted by molar-refractivity contribution is -0.126. The molecule has 3 rings (SSSR count). The third-order valence-corrected chi connectivity index (χ3v) is 4.41. The molecule has 0 fully saturated rings. The van der Waals surface area contributed by atoms with Crippen molar-refractivity contribution in [2.24, 2.45) is 5.92 Å². The third kappa shape index (κ3) is 4.13. The fraction of sp³-hybridized carbons (Fsp3) is 0.389. The molecule has 0 spiro atoms. The standard InChI is InChI=1S/C18H21N5O6/c1-9-19-18-21-16(25)10(8-23(18)22-9)5-15(24)20-12-7-14(28-3)13(27-2)6-11(12)17(26)29-4/h6-7,10H,5,8H2,1-4H3,(H,20,24)(H,19,21,22,25). The second-order valence-corrected chi connectivity index (χ2v) is 6.35. The molecular weight excluding hydrogens is 382 g/mol. The summed E-state index contributed by atoms with van der Waals surface area (Å²) in [6, 6.07) is 2.88. The van der Waals surface area contributed by atoms with Gasteiger partial charge in [0.2, 0.25) is 17.8 Å². The van der Waals surface area contributed by atoms with Crippen molar-refractivity contribution >= 4 is 29.4 Å². The summed E-state index contributed by atoms with van der Waals surface area (Å²) in [6.45, 7) is 1.94. The number of carbonyl (C=O) groups excluding carboxylic acids is 3. The molecule has 1 aromatic carbocycles. The highest BCUT2D eigenvalue weighted by Crippen LogP contribution is 2.34. The summed E-state index contributed by atoms with van der Waals surface area (Å²) in [5.74, 6) is -0.538. The van der Waals surface area contributed by atoms with Crippen LogP contribution in [0.3, 0.4) is 0 Å². The molecule has 2 heterocycles. The molecule has 2 amide bonds. The molecule has 1 aliphatic rings. The van der Waals surface area contributed by atoms with E-state index in [1.165, 1.54) is 33.5 Å². The van der Waals surface area contributed by atoms with Crippen LogP contribution in [0, 0.1) is 12.8 Å². The first-order valence-electron chi connectivity index (χ1n) is 8.72. The van der Waals surface area contributed by atoms with Gasteiger partial charge in [0.25, 0.3) is 0 Å². The van der Waals surface area contributed by atoms with Crippen LogP contribution < -0.4 is 20.1 Å². The van der Waals surface area contributed by atoms with E-state index in [2.05, 4.69) is 20.7 Å². The van der Waals surface area contributed by atoms with Crippen molar-refractivity contribution in [1.29, 1.82) is 0 Å². The lowest BCUT2D eigenvalue weighted by Crippen LogP contribution is -2.36. The summed E-state index contributed by atoms with van der Waals surface area (Å²) in [6.07, 6.45) is -0.112. The lowest BCUT2D eigenvalue weighted by Gasteiger charge is -2.22. The number of esters is 1. The zero-order valence-electron chi connectivity index (χ0n) is 16.4. The SMILES string of the molecule is COC(=O)c1cc(OC)c(OC)cc1NC(=O)CC1Cn2nc(C)nc2NC1=O. The van der Waals surface area contributed by atoms with Gasteiger partial charge in [-0.1, -0.05) is 0 Å². The smallest absolute Gasteiger partial charge is 0.340 e. The zero-order chi connectivity index (χ0) is 21.1. The lowest BCUT2D eigenvalue weighted by atomic mass is 10.0. The van der Waals surface area contributed by atoms with Crippen LogP contribution in [0.15, 0.2) is 12.1 Å². The largest absolute Gasteiger partial charge is 0.493 e. The van der Waals surface area contributed by atoms with Gasteiger partial charge in [0.1, 0.15) is 5.82 Å². The number of hydrogen-bond acceptors (Lipinski definition) is 8. The number of hydrogen-bond donors (Lipinski definition) is 2. The van der Waals surface area contributed by atoms with Crippen LogP contribution in [-0.2, 0) is 20.9 Å². The number of aromatic nitrogens is 3. The van der Waals surface area contributed by atoms with Gasteiger partial charge in [-0.25, -0.2) is 9.48 Å². The van der Waals surface area contributed by atoms with Crippen molar-refractivity contribution in [2.45, 2.75) is 19.9 Å². The van der Waals surface area contributed by atoms with Gasteiger partial charge in [-0.2, -0.15) is 10.1 Å². The molecule has 2 aromatic rings. The molecular formula is C18H21N5O6. The Morgan fingerprint density at radius 1 is 1.24 bits per heavy atom. The number of nitrogens with one attached hydrogen (secondary N) is 2. The maximum absolute atomic E-state index is 12.6. The van der Waals surface area contributed by atoms with Crippen molar-refractivity contribution in [1.82, 2.24) is 14.8 Å². The van der Waals surface area contributed by atoms with Crippen LogP contribution >= 0.6 is 0 Å². The number of methoxy groups -OCH3 is 3. The van der Waals surface area contributed by atoms with Gasteiger partial charge < -0.3 is 19.5 Å². The summed E-state index contributed by atoms with van der Waals surface area (Å²) >= 11 is 0. The van der Waals surface area contributed by atoms with Crippen LogP contribution in [0.4, 0.5) is 11.6 Å². The summed E-state index contributed by atoms with van der Waals surface area (Å²) < 4.78 is 16.7. The summed E-state index contributed by atoms with van der Waals surface area (Å²) in [5, 5.41) is 9.46. The van der Waals surface area contributed by atoms with E-state index >= 15 is 0 Å². The third-order valence-electron chi connectivity index (χ3n) is 4.41. The summed E-state index contributed by atoms with van der Waals surface area (Å²) in [5.41, 5.74) is 0.286. The zero-order valence-corrected chi connectivity index (χ0v) is 16.4. The second kappa shape index (κ2) is 8.17. The Bertz CT molecular complexity index is 970. The van der Waals surface area contributed by atoms with E-state index in [4.69, 9.17) is 14.2 Å². The number of ether oxygens (including phenoxy) is 3. The van der Waals surface area contributed by atoms with Crippen molar-refractivity contribution in [3.63, 3.8) is 0 Å². The maximum atomic E-state index is 12.6. The Kier molecular flexibility index (Phi) is 5.66. The van der Waals surface area contributed by atoms with E-state index in [1.54, 1.807) is 11.6 Å². The maximum Gasteiger partial charge on any atom is 0.340 e. The summed E-state index contributed by atoms with van der Waals surface area (Å²) in [7, 11) is 4.10. The number of benzene rings is 1. The Balaban J connectivity index is 1.79. The van der Waals surface area contributed by atoms with Gasteiger partial charge in [0.05, 0.1) is 45.0 Å². The van der Waals surface area contributed by atoms with Gasteiger partial charge in [-0.05, 0) is 6.92 Å². The molecule has 11 nitrogen and oxygen atoms in total. The van der Waals surface area contributed by atoms with Crippen molar-refractivity contribution in [2.75, 3.05) is 32.0 Å². The molecule has 0 aliphatic carbocycles. The van der Waals surface area contributed by atoms with E-state index in [1.807, 2.05) is 0 Å². The quantitative estimate of drug-likeness (QED) is 0.682. The molecule has 11 heteroatoms. The monoisotopic (exact) mass is 403 g/mol. The van der Waals surface area contributed by atoms with Crippen molar-refractivity contribution < 1.29 is 28.6 Å². The minimum atomic E-state index is -0.653. The molecule has 0 saturated carbocycles. The molecule has 0 bridgehead atoms. The number of amides is 2. The number of aryl methyl sites for hydroxylation is 1. The number of anilines is 2. The van der Waals surface area contributed by atoms with Gasteiger partial charge >= 0.3 is 5.97 Å². The van der Waals surface area contributed by atoms with Crippen LogP contribution in [0.2, 0.25) is 0 Å². The first-order valence-corrected chi connectivity index (χ1v) is 8.72. The molecule has 29 heavy (non-hydrogen) atoms. The molecule has 1 aliphatic heterocycles. The number of carbonyl (C=O) groups is 3. The van der Waals surface area contributed by atoms with Crippen LogP contribution in [0.5, 0.6) is 11.5 Å². The van der Waals surface area contributed by atoms with Gasteiger partial charge in [-0.3, -0.25) is 14.9 Å². The fourth-order valence-electron chi connectivity index (χ4n) is 3.02. The summed E-state index contributed by atoms with van der Waals surface area (Å²) in [4.78, 5) is 41.1. The Morgan fingerprint density at radius 3 is 2.59 bits per heavy atom. The first kappa shape index (κ1) is 20.1. The average Bonchev–Trinajstić information content (AvgIpc) is 3.05. The van der Waals surface area contributed by atoms with Crippen LogP contribution in [-0.4, -0.2) is 53.9 Å². The van der Waals surface area contributed by atoms with E-state index < -0.39 is 17.8 Å². The molecule has 0 radical (unpaired) electrons. The molecule has 1 aromatic heterocycles. The average molecular weight is 403 g/mol. The minimum absolute atomic E-state index is 0.0979. The van der Waals surface area contributed by atoms with E-state index in [-0.39, 0.29) is 30.1 Å². The highest BCUT2D eigenvalue weighted by molar-refractivity contribution is 6.03. The number of nitrogens with zero attached hydrogens (tertiary/aromatic N) is 3. The van der Waals surface area contributed by atoms with E-state index in [0.717, 1.165) is 0 Å². The topological polar surface area (TPSA) is 134 Å². The van der Waals surface area contributed by atoms with Crippen LogP contribution in [0.1, 0.15) is 22.6 Å². The Labute approximate surface area is 166 Å². The fourth-order valence-corrected chi connectivity index (χ4v) is 3.02.